The summed E-state index contributed by atoms with van der Waals surface area (Å²) in [6, 6.07) is 0. The van der Waals surface area contributed by atoms with Crippen molar-refractivity contribution in [3.8, 4) is 0 Å². The van der Waals surface area contributed by atoms with Crippen LogP contribution in [0.5, 0.6) is 0 Å². The molecule has 0 unspecified atom stereocenters. The molecule has 2 rings (SSSR count). The van der Waals surface area contributed by atoms with E-state index >= 15 is 0 Å². The predicted molar refractivity (Wildman–Crippen MR) is 80.9 cm³/mol. The highest BCUT2D eigenvalue weighted by Crippen LogP contribution is 2.28. The Morgan fingerprint density at radius 3 is 1.85 bits per heavy atom. The lowest BCUT2D eigenvalue weighted by atomic mass is 10.4. The van der Waals surface area contributed by atoms with Crippen molar-refractivity contribution in [2.75, 3.05) is 30.8 Å². The average molecular weight is 446 g/mol. The molecule has 156 valence electrons. The third kappa shape index (κ3) is 16.5. The van der Waals surface area contributed by atoms with Gasteiger partial charge in [-0.1, -0.05) is 0 Å². The second-order valence-electron chi connectivity index (χ2n) is 4.77. The Hall–Kier alpha value is -0.920. The fourth-order valence-electron chi connectivity index (χ4n) is 0.926. The van der Waals surface area contributed by atoms with E-state index in [1.54, 1.807) is 6.92 Å². The van der Waals surface area contributed by atoms with Crippen LogP contribution < -0.4 is 0 Å². The van der Waals surface area contributed by atoms with E-state index < -0.39 is 41.2 Å². The minimum Gasteiger partial charge on any atom is -0.460 e. The molecule has 0 amide bonds. The normalized spacial score (nSPS) is 20.5. The van der Waals surface area contributed by atoms with Crippen LogP contribution >= 0.6 is 0 Å². The molecule has 2 saturated heterocycles. The van der Waals surface area contributed by atoms with Gasteiger partial charge in [-0.25, -0.2) is 4.18 Å². The van der Waals surface area contributed by atoms with Gasteiger partial charge in [0.15, 0.2) is 13.4 Å². The van der Waals surface area contributed by atoms with Gasteiger partial charge in [0.05, 0.1) is 12.4 Å². The van der Waals surface area contributed by atoms with Gasteiger partial charge in [0.1, 0.15) is 0 Å². The second kappa shape index (κ2) is 9.85. The van der Waals surface area contributed by atoms with E-state index in [4.69, 9.17) is 9.11 Å². The molecule has 0 saturated carbocycles. The molecular formula is C9H18O14S3. The van der Waals surface area contributed by atoms with Gasteiger partial charge in [-0.15, -0.1) is 0 Å². The highest BCUT2D eigenvalue weighted by molar-refractivity contribution is 8.02. The van der Waals surface area contributed by atoms with Crippen LogP contribution in [0.15, 0.2) is 0 Å². The lowest BCUT2D eigenvalue weighted by Crippen LogP contribution is -2.23. The summed E-state index contributed by atoms with van der Waals surface area (Å²) in [5.74, 6) is -1.01. The van der Waals surface area contributed by atoms with Gasteiger partial charge >= 0.3 is 5.97 Å². The van der Waals surface area contributed by atoms with Crippen LogP contribution in [0, 0.1) is 0 Å². The molecule has 26 heavy (non-hydrogen) atoms. The van der Waals surface area contributed by atoms with E-state index in [1.165, 1.54) is 6.92 Å². The maximum Gasteiger partial charge on any atom is 0.302 e. The Bertz CT molecular complexity index is 718. The number of hydrogen-bond acceptors (Lipinski definition) is 12. The minimum atomic E-state index is -4.62. The lowest BCUT2D eigenvalue weighted by molar-refractivity contribution is -0.142. The van der Waals surface area contributed by atoms with Crippen LogP contribution in [0.4, 0.5) is 0 Å². The smallest absolute Gasteiger partial charge is 0.302 e. The number of rotatable bonds is 4. The first-order valence-electron chi connectivity index (χ1n) is 6.39. The highest BCUT2D eigenvalue weighted by Gasteiger charge is 2.44. The van der Waals surface area contributed by atoms with E-state index in [0.29, 0.717) is 0 Å². The van der Waals surface area contributed by atoms with Crippen LogP contribution in [0.3, 0.4) is 0 Å². The van der Waals surface area contributed by atoms with Gasteiger partial charge < -0.3 is 9.47 Å². The molecule has 2 fully saturated rings. The van der Waals surface area contributed by atoms with Crippen molar-refractivity contribution < 1.29 is 62.6 Å². The molecule has 0 atom stereocenters. The Labute approximate surface area is 149 Å². The molecule has 2 N–H and O–H groups in total. The van der Waals surface area contributed by atoms with Gasteiger partial charge in [-0.2, -0.15) is 35.0 Å². The van der Waals surface area contributed by atoms with Crippen LogP contribution in [0.1, 0.15) is 13.8 Å². The molecule has 2 aliphatic rings. The molecule has 17 heteroatoms. The quantitative estimate of drug-likeness (QED) is 0.161. The third-order valence-electron chi connectivity index (χ3n) is 1.99. The van der Waals surface area contributed by atoms with Crippen molar-refractivity contribution in [2.24, 2.45) is 0 Å². The Kier molecular flexibility index (Phi) is 9.50. The fourth-order valence-corrected chi connectivity index (χ4v) is 3.09. The Morgan fingerprint density at radius 1 is 1.15 bits per heavy atom. The van der Waals surface area contributed by atoms with Gasteiger partial charge in [0, 0.05) is 6.92 Å². The molecule has 0 bridgehead atoms. The van der Waals surface area contributed by atoms with Crippen LogP contribution in [-0.2, 0) is 58.6 Å². The summed E-state index contributed by atoms with van der Waals surface area (Å²) in [5, 5.41) is -1.65. The number of ether oxygens (including phenoxy) is 2. The molecule has 0 radical (unpaired) electrons. The number of carbonyl (C=O) groups excluding carboxylic acids is 1. The van der Waals surface area contributed by atoms with Crippen LogP contribution in [-0.4, -0.2) is 77.0 Å². The van der Waals surface area contributed by atoms with E-state index in [0.717, 1.165) is 0 Å². The number of esters is 1. The summed E-state index contributed by atoms with van der Waals surface area (Å²) in [5.41, 5.74) is 0. The molecule has 2 heterocycles. The van der Waals surface area contributed by atoms with Crippen molar-refractivity contribution >= 4 is 36.3 Å². The Balaban J connectivity index is 0.000000361. The van der Waals surface area contributed by atoms with E-state index in [1.807, 2.05) is 0 Å². The van der Waals surface area contributed by atoms with Crippen molar-refractivity contribution in [1.29, 1.82) is 0 Å². The number of carbonyl (C=O) groups is 1. The molecule has 0 aromatic rings. The first-order chi connectivity index (χ1) is 11.5. The summed E-state index contributed by atoms with van der Waals surface area (Å²) in [4.78, 5) is 19.1. The molecule has 14 nitrogen and oxygen atoms in total. The van der Waals surface area contributed by atoms with Crippen LogP contribution in [0.25, 0.3) is 0 Å². The lowest BCUT2D eigenvalue weighted by Gasteiger charge is -2.10. The van der Waals surface area contributed by atoms with Gasteiger partial charge in [-0.3, -0.25) is 13.9 Å². The highest BCUT2D eigenvalue weighted by atomic mass is 32.3. The maximum absolute atomic E-state index is 10.3. The summed E-state index contributed by atoms with van der Waals surface area (Å²) in [6.45, 7) is 3.33. The summed E-state index contributed by atoms with van der Waals surface area (Å²) < 4.78 is 88.3. The summed E-state index contributed by atoms with van der Waals surface area (Å²) in [7, 11) is -12.4. The zero-order valence-electron chi connectivity index (χ0n) is 13.6. The molecule has 0 aliphatic carbocycles. The second-order valence-corrected chi connectivity index (χ2v) is 9.80. The third-order valence-corrected chi connectivity index (χ3v) is 5.50. The predicted octanol–water partition coefficient (Wildman–Crippen LogP) is -1.73. The van der Waals surface area contributed by atoms with Crippen molar-refractivity contribution in [2.45, 2.75) is 19.6 Å². The molecule has 0 aromatic heterocycles. The van der Waals surface area contributed by atoms with Gasteiger partial charge in [0.2, 0.25) is 5.08 Å². The molecule has 0 spiro atoms. The summed E-state index contributed by atoms with van der Waals surface area (Å²) in [6.07, 6.45) is 0. The molecule has 0 aromatic carbocycles. The Morgan fingerprint density at radius 2 is 1.65 bits per heavy atom. The molecule has 2 aliphatic heterocycles. The van der Waals surface area contributed by atoms with Crippen molar-refractivity contribution in [1.82, 2.24) is 0 Å². The fraction of sp³-hybridized carbons (Fsp3) is 0.889. The SMILES string of the molecule is CC(=O)OCC1(C)OO1.O=S(=O)(O)CS(=O)(=O)O.O=S1(=O)CCOCO1. The standard InChI is InChI=1S/C5H8O4.C3H6O4S.CH4O6S2/c1-4(6)7-3-5(2)8-9-5;4-8(5)2-1-6-3-7-8;2-8(3,4)1-9(5,6)7/h3H2,1-2H3;1-3H2;1H2,(H,2,3,4)(H,5,6,7). The number of hydrogen-bond donors (Lipinski definition) is 2. The first kappa shape index (κ1) is 25.1. The van der Waals surface area contributed by atoms with Gasteiger partial charge in [-0.05, 0) is 6.92 Å². The van der Waals surface area contributed by atoms with Crippen LogP contribution in [0.2, 0.25) is 0 Å². The minimum absolute atomic E-state index is 0.0208. The monoisotopic (exact) mass is 446 g/mol. The zero-order chi connectivity index (χ0) is 20.6. The first-order valence-corrected chi connectivity index (χ1v) is 11.2. The average Bonchev–Trinajstić information content (AvgIpc) is 3.12. The van der Waals surface area contributed by atoms with E-state index in [-0.39, 0.29) is 31.7 Å². The maximum atomic E-state index is 10.3. The van der Waals surface area contributed by atoms with Crippen molar-refractivity contribution in [3.05, 3.63) is 0 Å². The van der Waals surface area contributed by atoms with E-state index in [2.05, 4.69) is 23.4 Å². The van der Waals surface area contributed by atoms with Gasteiger partial charge in [0.25, 0.3) is 36.1 Å². The zero-order valence-corrected chi connectivity index (χ0v) is 16.0. The molecular weight excluding hydrogens is 428 g/mol. The van der Waals surface area contributed by atoms with E-state index in [9.17, 15) is 30.0 Å². The topological polar surface area (TPSA) is 213 Å². The summed E-state index contributed by atoms with van der Waals surface area (Å²) >= 11 is 0. The largest absolute Gasteiger partial charge is 0.460 e. The van der Waals surface area contributed by atoms with Crippen molar-refractivity contribution in [3.63, 3.8) is 0 Å².